The first kappa shape index (κ1) is 16.1. The summed E-state index contributed by atoms with van der Waals surface area (Å²) in [6.45, 7) is 4.16. The summed E-state index contributed by atoms with van der Waals surface area (Å²) in [4.78, 5) is 11.1. The molecule has 0 N–H and O–H groups in total. The van der Waals surface area contributed by atoms with E-state index in [1.54, 1.807) is 17.5 Å². The SMILES string of the molecule is c1cncc(COC[C@@H]2CC[C@@H]3[C@H]2OCCN3Cc2nccs2)c1. The number of pyridine rings is 1. The Morgan fingerprint density at radius 2 is 2.33 bits per heavy atom. The minimum Gasteiger partial charge on any atom is -0.376 e. The molecule has 2 fully saturated rings. The molecule has 5 nitrogen and oxygen atoms in total. The van der Waals surface area contributed by atoms with Gasteiger partial charge in [0.1, 0.15) is 5.01 Å². The monoisotopic (exact) mass is 345 g/mol. The number of ether oxygens (including phenoxy) is 2. The fourth-order valence-corrected chi connectivity index (χ4v) is 4.47. The van der Waals surface area contributed by atoms with Crippen molar-refractivity contribution in [2.75, 3.05) is 19.8 Å². The Bertz CT molecular complexity index is 622. The molecule has 1 aliphatic carbocycles. The third-order valence-corrected chi connectivity index (χ3v) is 5.74. The van der Waals surface area contributed by atoms with E-state index >= 15 is 0 Å². The molecule has 2 aromatic heterocycles. The summed E-state index contributed by atoms with van der Waals surface area (Å²) in [5.74, 6) is 0.491. The Hall–Kier alpha value is -1.34. The van der Waals surface area contributed by atoms with Gasteiger partial charge < -0.3 is 9.47 Å². The van der Waals surface area contributed by atoms with Gasteiger partial charge in [-0.15, -0.1) is 11.3 Å². The number of rotatable bonds is 6. The van der Waals surface area contributed by atoms with Crippen molar-refractivity contribution in [3.05, 3.63) is 46.7 Å². The Morgan fingerprint density at radius 1 is 1.33 bits per heavy atom. The number of fused-ring (bicyclic) bond motifs is 1. The Kier molecular flexibility index (Phi) is 5.18. The highest BCUT2D eigenvalue weighted by molar-refractivity contribution is 7.09. The minimum atomic E-state index is 0.299. The maximum absolute atomic E-state index is 6.12. The number of aromatic nitrogens is 2. The van der Waals surface area contributed by atoms with Crippen molar-refractivity contribution in [1.29, 1.82) is 0 Å². The standard InChI is InChI=1S/C18H23N3O2S/c1-2-14(10-19-5-1)12-22-13-15-3-4-16-18(15)23-8-7-21(16)11-17-20-6-9-24-17/h1-2,5-6,9-10,15-16,18H,3-4,7-8,11-13H2/t15-,16+,18-/m0/s1. The topological polar surface area (TPSA) is 47.5 Å². The van der Waals surface area contributed by atoms with Crippen LogP contribution in [0.5, 0.6) is 0 Å². The maximum atomic E-state index is 6.12. The molecule has 24 heavy (non-hydrogen) atoms. The number of nitrogens with zero attached hydrogens (tertiary/aromatic N) is 3. The average molecular weight is 345 g/mol. The van der Waals surface area contributed by atoms with Gasteiger partial charge in [-0.1, -0.05) is 6.07 Å². The number of hydrogen-bond donors (Lipinski definition) is 0. The summed E-state index contributed by atoms with van der Waals surface area (Å²) < 4.78 is 12.1. The van der Waals surface area contributed by atoms with Crippen molar-refractivity contribution in [1.82, 2.24) is 14.9 Å². The average Bonchev–Trinajstić information content (AvgIpc) is 3.27. The van der Waals surface area contributed by atoms with Crippen LogP contribution in [0.3, 0.4) is 0 Å². The van der Waals surface area contributed by atoms with Crippen molar-refractivity contribution in [3.8, 4) is 0 Å². The summed E-state index contributed by atoms with van der Waals surface area (Å²) in [6.07, 6.45) is 8.21. The molecule has 2 aromatic rings. The van der Waals surface area contributed by atoms with Crippen molar-refractivity contribution < 1.29 is 9.47 Å². The van der Waals surface area contributed by atoms with E-state index in [4.69, 9.17) is 9.47 Å². The zero-order valence-corrected chi connectivity index (χ0v) is 14.5. The second-order valence-electron chi connectivity index (χ2n) is 6.51. The lowest BCUT2D eigenvalue weighted by Crippen LogP contribution is -2.50. The van der Waals surface area contributed by atoms with Gasteiger partial charge in [0.2, 0.25) is 0 Å². The molecule has 128 valence electrons. The maximum Gasteiger partial charge on any atom is 0.107 e. The van der Waals surface area contributed by atoms with Crippen LogP contribution in [0.25, 0.3) is 0 Å². The predicted molar refractivity (Wildman–Crippen MR) is 92.7 cm³/mol. The normalized spacial score (nSPS) is 27.2. The van der Waals surface area contributed by atoms with Crippen LogP contribution in [0, 0.1) is 5.92 Å². The van der Waals surface area contributed by atoms with Crippen LogP contribution in [0.15, 0.2) is 36.1 Å². The van der Waals surface area contributed by atoms with E-state index in [0.29, 0.717) is 24.7 Å². The van der Waals surface area contributed by atoms with Gasteiger partial charge in [0.05, 0.1) is 32.5 Å². The Labute approximate surface area is 146 Å². The quantitative estimate of drug-likeness (QED) is 0.806. The van der Waals surface area contributed by atoms with Gasteiger partial charge in [-0.2, -0.15) is 0 Å². The van der Waals surface area contributed by atoms with E-state index in [2.05, 4.69) is 26.3 Å². The lowest BCUT2D eigenvalue weighted by atomic mass is 10.0. The van der Waals surface area contributed by atoms with Gasteiger partial charge in [0.15, 0.2) is 0 Å². The summed E-state index contributed by atoms with van der Waals surface area (Å²) in [7, 11) is 0. The molecule has 2 aliphatic rings. The van der Waals surface area contributed by atoms with Gasteiger partial charge in [0, 0.05) is 42.5 Å². The molecule has 0 radical (unpaired) electrons. The van der Waals surface area contributed by atoms with Gasteiger partial charge in [-0.3, -0.25) is 9.88 Å². The fraction of sp³-hybridized carbons (Fsp3) is 0.556. The Morgan fingerprint density at radius 3 is 3.17 bits per heavy atom. The van der Waals surface area contributed by atoms with Crippen molar-refractivity contribution >= 4 is 11.3 Å². The lowest BCUT2D eigenvalue weighted by molar-refractivity contribution is -0.0891. The molecular weight excluding hydrogens is 322 g/mol. The van der Waals surface area contributed by atoms with Gasteiger partial charge in [0.25, 0.3) is 0 Å². The summed E-state index contributed by atoms with van der Waals surface area (Å²) in [5, 5.41) is 3.25. The van der Waals surface area contributed by atoms with Gasteiger partial charge in [-0.25, -0.2) is 4.98 Å². The molecule has 1 aliphatic heterocycles. The van der Waals surface area contributed by atoms with Gasteiger partial charge >= 0.3 is 0 Å². The summed E-state index contributed by atoms with van der Waals surface area (Å²) in [5.41, 5.74) is 1.13. The van der Waals surface area contributed by atoms with E-state index in [9.17, 15) is 0 Å². The Balaban J connectivity index is 1.31. The summed E-state index contributed by atoms with van der Waals surface area (Å²) in [6, 6.07) is 4.51. The third-order valence-electron chi connectivity index (χ3n) is 4.98. The predicted octanol–water partition coefficient (Wildman–Crippen LogP) is 2.73. The molecule has 1 saturated heterocycles. The molecule has 0 aromatic carbocycles. The van der Waals surface area contributed by atoms with E-state index < -0.39 is 0 Å². The van der Waals surface area contributed by atoms with Crippen molar-refractivity contribution in [2.45, 2.75) is 38.1 Å². The first-order valence-electron chi connectivity index (χ1n) is 8.61. The molecular formula is C18H23N3O2S. The number of thiazole rings is 1. The minimum absolute atomic E-state index is 0.299. The first-order chi connectivity index (χ1) is 11.9. The smallest absolute Gasteiger partial charge is 0.107 e. The van der Waals surface area contributed by atoms with Crippen LogP contribution < -0.4 is 0 Å². The van der Waals surface area contributed by atoms with Crippen LogP contribution in [-0.2, 0) is 22.6 Å². The lowest BCUT2D eigenvalue weighted by Gasteiger charge is -2.38. The highest BCUT2D eigenvalue weighted by Crippen LogP contribution is 2.35. The van der Waals surface area contributed by atoms with E-state index in [-0.39, 0.29) is 0 Å². The zero-order chi connectivity index (χ0) is 16.2. The largest absolute Gasteiger partial charge is 0.376 e. The van der Waals surface area contributed by atoms with Crippen LogP contribution in [0.1, 0.15) is 23.4 Å². The van der Waals surface area contributed by atoms with Gasteiger partial charge in [-0.05, 0) is 24.5 Å². The second-order valence-corrected chi connectivity index (χ2v) is 7.49. The second kappa shape index (κ2) is 7.70. The number of hydrogen-bond acceptors (Lipinski definition) is 6. The number of morpholine rings is 1. The van der Waals surface area contributed by atoms with Crippen LogP contribution in [-0.4, -0.2) is 46.8 Å². The fourth-order valence-electron chi connectivity index (χ4n) is 3.83. The molecule has 3 atom stereocenters. The van der Waals surface area contributed by atoms with Crippen molar-refractivity contribution in [2.24, 2.45) is 5.92 Å². The molecule has 0 unspecified atom stereocenters. The molecule has 4 rings (SSSR count). The summed E-state index contributed by atoms with van der Waals surface area (Å²) >= 11 is 1.74. The molecule has 0 bridgehead atoms. The molecule has 3 heterocycles. The van der Waals surface area contributed by atoms with E-state index in [1.165, 1.54) is 17.8 Å². The highest BCUT2D eigenvalue weighted by Gasteiger charge is 2.42. The van der Waals surface area contributed by atoms with Crippen LogP contribution in [0.2, 0.25) is 0 Å². The molecule has 0 amide bonds. The molecule has 0 spiro atoms. The zero-order valence-electron chi connectivity index (χ0n) is 13.7. The highest BCUT2D eigenvalue weighted by atomic mass is 32.1. The molecule has 6 heteroatoms. The van der Waals surface area contributed by atoms with E-state index in [0.717, 1.165) is 31.9 Å². The van der Waals surface area contributed by atoms with E-state index in [1.807, 2.05) is 18.5 Å². The van der Waals surface area contributed by atoms with Crippen LogP contribution in [0.4, 0.5) is 0 Å². The molecule has 1 saturated carbocycles. The first-order valence-corrected chi connectivity index (χ1v) is 9.49. The van der Waals surface area contributed by atoms with Crippen molar-refractivity contribution in [3.63, 3.8) is 0 Å². The van der Waals surface area contributed by atoms with Crippen LogP contribution >= 0.6 is 11.3 Å². The third kappa shape index (κ3) is 3.67.